The molecule has 0 amide bonds. The molecule has 0 unspecified atom stereocenters. The molecule has 1 heteroatoms. The lowest BCUT2D eigenvalue weighted by Crippen LogP contribution is -1.80. The van der Waals surface area contributed by atoms with Crippen molar-refractivity contribution in [1.82, 2.24) is 0 Å². The standard InChI is InChI=1S/C10H18O/c1-9(2)5-4-6-10(3)7-8-11/h5,7,11H,4,6,8H2,1-3H3. The van der Waals surface area contributed by atoms with Crippen molar-refractivity contribution in [3.63, 3.8) is 0 Å². The van der Waals surface area contributed by atoms with E-state index in [4.69, 9.17) is 5.11 Å². The van der Waals surface area contributed by atoms with Gasteiger partial charge in [0.05, 0.1) is 6.61 Å². The highest BCUT2D eigenvalue weighted by atomic mass is 16.2. The number of aliphatic hydroxyl groups is 1. The van der Waals surface area contributed by atoms with Gasteiger partial charge in [-0.3, -0.25) is 0 Å². The zero-order chi connectivity index (χ0) is 8.69. The quantitative estimate of drug-likeness (QED) is 0.617. The van der Waals surface area contributed by atoms with Gasteiger partial charge < -0.3 is 5.11 Å². The van der Waals surface area contributed by atoms with Crippen LogP contribution in [0.1, 0.15) is 33.6 Å². The van der Waals surface area contributed by atoms with Crippen LogP contribution in [0.2, 0.25) is 0 Å². The minimum Gasteiger partial charge on any atom is -0.392 e. The van der Waals surface area contributed by atoms with Gasteiger partial charge in [-0.25, -0.2) is 0 Å². The second-order valence-corrected chi connectivity index (χ2v) is 3.05. The Morgan fingerprint density at radius 1 is 1.18 bits per heavy atom. The third kappa shape index (κ3) is 7.34. The van der Waals surface area contributed by atoms with Crippen LogP contribution < -0.4 is 0 Å². The topological polar surface area (TPSA) is 20.2 Å². The zero-order valence-electron chi connectivity index (χ0n) is 7.72. The lowest BCUT2D eigenvalue weighted by molar-refractivity contribution is 0.341. The summed E-state index contributed by atoms with van der Waals surface area (Å²) in [7, 11) is 0. The number of allylic oxidation sites excluding steroid dienone is 3. The van der Waals surface area contributed by atoms with E-state index < -0.39 is 0 Å². The normalized spacial score (nSPS) is 11.5. The van der Waals surface area contributed by atoms with Crippen LogP contribution in [-0.2, 0) is 0 Å². The van der Waals surface area contributed by atoms with Crippen LogP contribution in [0.4, 0.5) is 0 Å². The summed E-state index contributed by atoms with van der Waals surface area (Å²) in [5.74, 6) is 0. The Balaban J connectivity index is 3.54. The molecule has 0 saturated carbocycles. The largest absolute Gasteiger partial charge is 0.392 e. The first-order valence-electron chi connectivity index (χ1n) is 4.06. The molecular formula is C10H18O. The summed E-state index contributed by atoms with van der Waals surface area (Å²) in [5, 5.41) is 8.55. The zero-order valence-corrected chi connectivity index (χ0v) is 7.72. The number of hydrogen-bond donors (Lipinski definition) is 1. The average molecular weight is 154 g/mol. The van der Waals surface area contributed by atoms with Crippen molar-refractivity contribution in [2.24, 2.45) is 0 Å². The fourth-order valence-corrected chi connectivity index (χ4v) is 0.846. The minimum atomic E-state index is 0.167. The average Bonchev–Trinajstić information content (AvgIpc) is 1.87. The molecular weight excluding hydrogens is 136 g/mol. The Morgan fingerprint density at radius 3 is 2.27 bits per heavy atom. The number of rotatable bonds is 4. The van der Waals surface area contributed by atoms with E-state index in [1.165, 1.54) is 11.1 Å². The molecule has 0 rings (SSSR count). The predicted octanol–water partition coefficient (Wildman–Crippen LogP) is 2.67. The highest BCUT2D eigenvalue weighted by Crippen LogP contribution is 2.05. The van der Waals surface area contributed by atoms with Gasteiger partial charge in [0.1, 0.15) is 0 Å². The SMILES string of the molecule is CC(C)=CCCC(C)=CCO. The molecule has 0 bridgehead atoms. The Kier molecular flexibility index (Phi) is 5.86. The molecule has 0 heterocycles. The molecule has 0 saturated heterocycles. The first-order valence-corrected chi connectivity index (χ1v) is 4.06. The fraction of sp³-hybridized carbons (Fsp3) is 0.600. The smallest absolute Gasteiger partial charge is 0.0614 e. The minimum absolute atomic E-state index is 0.167. The summed E-state index contributed by atoms with van der Waals surface area (Å²) in [6.07, 6.45) is 6.23. The summed E-state index contributed by atoms with van der Waals surface area (Å²) >= 11 is 0. The maximum Gasteiger partial charge on any atom is 0.0614 e. The molecule has 0 fully saturated rings. The molecule has 11 heavy (non-hydrogen) atoms. The second kappa shape index (κ2) is 6.17. The van der Waals surface area contributed by atoms with Crippen molar-refractivity contribution in [2.45, 2.75) is 33.6 Å². The van der Waals surface area contributed by atoms with E-state index in [-0.39, 0.29) is 6.61 Å². The van der Waals surface area contributed by atoms with E-state index in [1.807, 2.05) is 6.08 Å². The molecule has 64 valence electrons. The fourth-order valence-electron chi connectivity index (χ4n) is 0.846. The third-order valence-electron chi connectivity index (χ3n) is 1.53. The van der Waals surface area contributed by atoms with Crippen LogP contribution in [-0.4, -0.2) is 11.7 Å². The van der Waals surface area contributed by atoms with Crippen molar-refractivity contribution in [3.8, 4) is 0 Å². The van der Waals surface area contributed by atoms with Crippen LogP contribution in [0.25, 0.3) is 0 Å². The number of aliphatic hydroxyl groups excluding tert-OH is 1. The molecule has 0 aromatic heterocycles. The number of hydrogen-bond acceptors (Lipinski definition) is 1. The summed E-state index contributed by atoms with van der Waals surface area (Å²) < 4.78 is 0. The highest BCUT2D eigenvalue weighted by Gasteiger charge is 1.86. The molecule has 0 aromatic rings. The van der Waals surface area contributed by atoms with Gasteiger partial charge in [0, 0.05) is 0 Å². The van der Waals surface area contributed by atoms with Gasteiger partial charge in [0.25, 0.3) is 0 Å². The van der Waals surface area contributed by atoms with Crippen molar-refractivity contribution >= 4 is 0 Å². The van der Waals surface area contributed by atoms with Crippen molar-refractivity contribution in [1.29, 1.82) is 0 Å². The second-order valence-electron chi connectivity index (χ2n) is 3.05. The first kappa shape index (κ1) is 10.4. The molecule has 0 spiro atoms. The van der Waals surface area contributed by atoms with Crippen LogP contribution in [0.5, 0.6) is 0 Å². The molecule has 1 nitrogen and oxygen atoms in total. The van der Waals surface area contributed by atoms with Crippen LogP contribution in [0.3, 0.4) is 0 Å². The van der Waals surface area contributed by atoms with Gasteiger partial charge in [-0.15, -0.1) is 0 Å². The molecule has 0 atom stereocenters. The summed E-state index contributed by atoms with van der Waals surface area (Å²) in [4.78, 5) is 0. The molecule has 1 N–H and O–H groups in total. The molecule has 0 radical (unpaired) electrons. The third-order valence-corrected chi connectivity index (χ3v) is 1.53. The Morgan fingerprint density at radius 2 is 1.82 bits per heavy atom. The van der Waals surface area contributed by atoms with Gasteiger partial charge in [0.2, 0.25) is 0 Å². The molecule has 0 aliphatic carbocycles. The Bertz CT molecular complexity index is 150. The van der Waals surface area contributed by atoms with E-state index in [1.54, 1.807) is 0 Å². The van der Waals surface area contributed by atoms with Crippen LogP contribution in [0.15, 0.2) is 23.3 Å². The van der Waals surface area contributed by atoms with E-state index in [0.29, 0.717) is 0 Å². The van der Waals surface area contributed by atoms with E-state index in [0.717, 1.165) is 12.8 Å². The van der Waals surface area contributed by atoms with Crippen LogP contribution >= 0.6 is 0 Å². The lowest BCUT2D eigenvalue weighted by Gasteiger charge is -1.96. The molecule has 0 aliphatic rings. The van der Waals surface area contributed by atoms with E-state index in [9.17, 15) is 0 Å². The Hall–Kier alpha value is -0.560. The van der Waals surface area contributed by atoms with Gasteiger partial charge in [0.15, 0.2) is 0 Å². The van der Waals surface area contributed by atoms with Crippen molar-refractivity contribution in [3.05, 3.63) is 23.3 Å². The highest BCUT2D eigenvalue weighted by molar-refractivity contribution is 5.01. The maximum atomic E-state index is 8.55. The van der Waals surface area contributed by atoms with E-state index >= 15 is 0 Å². The Labute approximate surface area is 69.4 Å². The van der Waals surface area contributed by atoms with Gasteiger partial charge in [-0.05, 0) is 33.6 Å². The van der Waals surface area contributed by atoms with Crippen molar-refractivity contribution < 1.29 is 5.11 Å². The van der Waals surface area contributed by atoms with Gasteiger partial charge in [-0.1, -0.05) is 23.3 Å². The monoisotopic (exact) mass is 154 g/mol. The van der Waals surface area contributed by atoms with Crippen molar-refractivity contribution in [2.75, 3.05) is 6.61 Å². The van der Waals surface area contributed by atoms with Gasteiger partial charge >= 0.3 is 0 Å². The maximum absolute atomic E-state index is 8.55. The summed E-state index contributed by atoms with van der Waals surface area (Å²) in [5.41, 5.74) is 2.63. The summed E-state index contributed by atoms with van der Waals surface area (Å²) in [6, 6.07) is 0. The molecule has 0 aliphatic heterocycles. The summed E-state index contributed by atoms with van der Waals surface area (Å²) in [6.45, 7) is 6.42. The first-order chi connectivity index (χ1) is 5.16. The van der Waals surface area contributed by atoms with Crippen LogP contribution in [0, 0.1) is 0 Å². The lowest BCUT2D eigenvalue weighted by atomic mass is 10.1. The van der Waals surface area contributed by atoms with E-state index in [2.05, 4.69) is 26.8 Å². The van der Waals surface area contributed by atoms with Gasteiger partial charge in [-0.2, -0.15) is 0 Å². The predicted molar refractivity (Wildman–Crippen MR) is 49.5 cm³/mol. The molecule has 0 aromatic carbocycles.